The normalized spacial score (nSPS) is 10.9. The van der Waals surface area contributed by atoms with Gasteiger partial charge >= 0.3 is 12.1 Å². The summed E-state index contributed by atoms with van der Waals surface area (Å²) in [6.07, 6.45) is -0.160. The summed E-state index contributed by atoms with van der Waals surface area (Å²) >= 11 is 0. The van der Waals surface area contributed by atoms with Crippen LogP contribution in [0.15, 0.2) is 65.1 Å². The summed E-state index contributed by atoms with van der Waals surface area (Å²) in [6.45, 7) is 5.70. The molecule has 2 amide bonds. The number of hydrogen-bond acceptors (Lipinski definition) is 7. The molecule has 0 aliphatic carbocycles. The van der Waals surface area contributed by atoms with Crippen LogP contribution in [-0.4, -0.2) is 40.8 Å². The van der Waals surface area contributed by atoms with Crippen molar-refractivity contribution < 1.29 is 42.2 Å². The van der Waals surface area contributed by atoms with E-state index in [1.54, 1.807) is 63.2 Å². The van der Waals surface area contributed by atoms with E-state index in [1.807, 2.05) is 0 Å². The number of aromatic nitrogens is 1. The number of amides is 2. The first-order valence-electron chi connectivity index (χ1n) is 14.2. The number of carbonyl (C=O) groups excluding carboxylic acids is 2. The second-order valence-corrected chi connectivity index (χ2v) is 10.4. The smallest absolute Gasteiger partial charge is 0.407 e. The van der Waals surface area contributed by atoms with E-state index in [9.17, 15) is 23.2 Å². The molecule has 0 saturated heterocycles. The molecule has 0 atom stereocenters. The third-order valence-corrected chi connectivity index (χ3v) is 6.62. The second-order valence-electron chi connectivity index (χ2n) is 10.4. The van der Waals surface area contributed by atoms with Crippen LogP contribution >= 0.6 is 0 Å². The van der Waals surface area contributed by atoms with Crippen molar-refractivity contribution in [3.05, 3.63) is 100 Å². The van der Waals surface area contributed by atoms with Crippen molar-refractivity contribution in [2.75, 3.05) is 11.9 Å². The number of nitrogens with zero attached hydrogens (tertiary/aromatic N) is 1. The largest absolute Gasteiger partial charge is 0.493 e. The molecule has 4 rings (SSSR count). The molecule has 10 nitrogen and oxygen atoms in total. The maximum absolute atomic E-state index is 13.5. The molecule has 0 aliphatic rings. The number of carboxylic acid groups (broad SMARTS) is 1. The van der Waals surface area contributed by atoms with Gasteiger partial charge in [0.25, 0.3) is 5.91 Å². The van der Waals surface area contributed by atoms with E-state index in [1.165, 1.54) is 6.07 Å². The first-order valence-corrected chi connectivity index (χ1v) is 14.2. The predicted molar refractivity (Wildman–Crippen MR) is 161 cm³/mol. The van der Waals surface area contributed by atoms with Gasteiger partial charge in [0.2, 0.25) is 5.89 Å². The number of rotatable bonds is 13. The van der Waals surface area contributed by atoms with Gasteiger partial charge in [-0.05, 0) is 92.9 Å². The number of aliphatic carboxylic acids is 1. The number of benzene rings is 3. The molecule has 236 valence electrons. The fourth-order valence-corrected chi connectivity index (χ4v) is 4.35. The van der Waals surface area contributed by atoms with Crippen LogP contribution in [0.2, 0.25) is 0 Å². The Bertz CT molecular complexity index is 1670. The Morgan fingerprint density at radius 1 is 0.956 bits per heavy atom. The van der Waals surface area contributed by atoms with Gasteiger partial charge in [0.15, 0.2) is 11.6 Å². The lowest BCUT2D eigenvalue weighted by molar-refractivity contribution is -0.136. The Kier molecular flexibility index (Phi) is 10.9. The molecule has 1 aromatic heterocycles. The van der Waals surface area contributed by atoms with Crippen LogP contribution in [0, 0.1) is 18.6 Å². The zero-order valence-corrected chi connectivity index (χ0v) is 25.0. The minimum Gasteiger partial charge on any atom is -0.493 e. The summed E-state index contributed by atoms with van der Waals surface area (Å²) in [6, 6.07) is 14.9. The lowest BCUT2D eigenvalue weighted by atomic mass is 10.0. The van der Waals surface area contributed by atoms with Crippen molar-refractivity contribution in [1.29, 1.82) is 0 Å². The Balaban J connectivity index is 1.36. The Morgan fingerprint density at radius 2 is 1.71 bits per heavy atom. The molecule has 45 heavy (non-hydrogen) atoms. The van der Waals surface area contributed by atoms with Crippen molar-refractivity contribution in [3.63, 3.8) is 0 Å². The highest BCUT2D eigenvalue weighted by molar-refractivity contribution is 6.04. The molecular weight excluding hydrogens is 588 g/mol. The van der Waals surface area contributed by atoms with Crippen LogP contribution in [0.5, 0.6) is 5.75 Å². The van der Waals surface area contributed by atoms with Gasteiger partial charge in [0, 0.05) is 36.2 Å². The standard InChI is InChI=1S/C33H33F2N3O7/c1-19(2)44-33(42)36-18-24-16-26(11-6-21(24)8-13-30(39)40)43-15-14-29-20(3)45-32(38-29)22-4-9-25(10-5-22)37-31(41)23-7-12-27(34)28(35)17-23/h4-7,9-12,16-17,19H,8,13-15,18H2,1-3H3,(H,36,42)(H,37,41)(H,39,40). The zero-order chi connectivity index (χ0) is 32.5. The van der Waals surface area contributed by atoms with Gasteiger partial charge < -0.3 is 29.6 Å². The number of aryl methyl sites for hydroxylation is 2. The van der Waals surface area contributed by atoms with Crippen molar-refractivity contribution in [3.8, 4) is 17.2 Å². The molecular formula is C33H33F2N3O7. The number of alkyl carbamates (subject to hydrolysis) is 1. The van der Waals surface area contributed by atoms with Crippen LogP contribution in [0.3, 0.4) is 0 Å². The number of halogens is 2. The first-order chi connectivity index (χ1) is 21.5. The third-order valence-electron chi connectivity index (χ3n) is 6.62. The van der Waals surface area contributed by atoms with Crippen LogP contribution in [0.4, 0.5) is 19.3 Å². The van der Waals surface area contributed by atoms with E-state index >= 15 is 0 Å². The summed E-state index contributed by atoms with van der Waals surface area (Å²) < 4.78 is 43.5. The van der Waals surface area contributed by atoms with Gasteiger partial charge in [0.05, 0.1) is 18.4 Å². The fourth-order valence-electron chi connectivity index (χ4n) is 4.35. The minimum atomic E-state index is -1.10. The van der Waals surface area contributed by atoms with Crippen LogP contribution in [-0.2, 0) is 28.9 Å². The molecule has 0 unspecified atom stereocenters. The number of nitrogens with one attached hydrogen (secondary N) is 2. The topological polar surface area (TPSA) is 140 Å². The summed E-state index contributed by atoms with van der Waals surface area (Å²) in [5, 5.41) is 14.4. The predicted octanol–water partition coefficient (Wildman–Crippen LogP) is 6.45. The first kappa shape index (κ1) is 32.6. The molecule has 0 radical (unpaired) electrons. The van der Waals surface area contributed by atoms with E-state index in [0.717, 1.165) is 23.3 Å². The summed E-state index contributed by atoms with van der Waals surface area (Å²) in [4.78, 5) is 40.0. The van der Waals surface area contributed by atoms with E-state index in [0.29, 0.717) is 47.2 Å². The maximum atomic E-state index is 13.5. The molecule has 0 bridgehead atoms. The zero-order valence-electron chi connectivity index (χ0n) is 25.0. The Labute approximate surface area is 258 Å². The number of carboxylic acids is 1. The number of hydrogen-bond donors (Lipinski definition) is 3. The average molecular weight is 622 g/mol. The quantitative estimate of drug-likeness (QED) is 0.155. The lowest BCUT2D eigenvalue weighted by Gasteiger charge is -2.14. The minimum absolute atomic E-state index is 0.0125. The van der Waals surface area contributed by atoms with Gasteiger partial charge in [-0.15, -0.1) is 0 Å². The number of oxazole rings is 1. The Hall–Kier alpha value is -5.26. The van der Waals surface area contributed by atoms with Gasteiger partial charge in [-0.25, -0.2) is 18.6 Å². The van der Waals surface area contributed by atoms with Crippen molar-refractivity contribution in [2.24, 2.45) is 0 Å². The van der Waals surface area contributed by atoms with Crippen molar-refractivity contribution >= 4 is 23.7 Å². The SMILES string of the molecule is Cc1oc(-c2ccc(NC(=O)c3ccc(F)c(F)c3)cc2)nc1CCOc1ccc(CCC(=O)O)c(CNC(=O)OC(C)C)c1. The summed E-state index contributed by atoms with van der Waals surface area (Å²) in [5.74, 6) is -2.10. The van der Waals surface area contributed by atoms with Gasteiger partial charge in [-0.2, -0.15) is 0 Å². The average Bonchev–Trinajstić information content (AvgIpc) is 3.36. The van der Waals surface area contributed by atoms with Crippen molar-refractivity contribution in [2.45, 2.75) is 52.7 Å². The molecule has 0 spiro atoms. The van der Waals surface area contributed by atoms with Crippen molar-refractivity contribution in [1.82, 2.24) is 10.3 Å². The van der Waals surface area contributed by atoms with E-state index in [4.69, 9.17) is 19.0 Å². The van der Waals surface area contributed by atoms with Gasteiger partial charge in [-0.1, -0.05) is 6.07 Å². The monoisotopic (exact) mass is 621 g/mol. The summed E-state index contributed by atoms with van der Waals surface area (Å²) in [5.41, 5.74) is 3.30. The molecule has 0 saturated carbocycles. The molecule has 3 N–H and O–H groups in total. The van der Waals surface area contributed by atoms with Crippen LogP contribution < -0.4 is 15.4 Å². The number of ether oxygens (including phenoxy) is 2. The number of carbonyl (C=O) groups is 3. The highest BCUT2D eigenvalue weighted by Crippen LogP contribution is 2.25. The molecule has 4 aromatic rings. The highest BCUT2D eigenvalue weighted by atomic mass is 19.2. The molecule has 3 aromatic carbocycles. The maximum Gasteiger partial charge on any atom is 0.407 e. The van der Waals surface area contributed by atoms with E-state index in [-0.39, 0.29) is 31.2 Å². The number of anilines is 1. The Morgan fingerprint density at radius 3 is 2.40 bits per heavy atom. The lowest BCUT2D eigenvalue weighted by Crippen LogP contribution is -2.26. The highest BCUT2D eigenvalue weighted by Gasteiger charge is 2.15. The van der Waals surface area contributed by atoms with Gasteiger partial charge in [0.1, 0.15) is 11.5 Å². The van der Waals surface area contributed by atoms with Gasteiger partial charge in [-0.3, -0.25) is 9.59 Å². The van der Waals surface area contributed by atoms with Crippen LogP contribution in [0.1, 0.15) is 53.2 Å². The molecule has 12 heteroatoms. The molecule has 0 fully saturated rings. The summed E-state index contributed by atoms with van der Waals surface area (Å²) in [7, 11) is 0. The second kappa shape index (κ2) is 15.0. The van der Waals surface area contributed by atoms with E-state index in [2.05, 4.69) is 15.6 Å². The fraction of sp³-hybridized carbons (Fsp3) is 0.273. The molecule has 0 aliphatic heterocycles. The third kappa shape index (κ3) is 9.36. The molecule has 1 heterocycles. The van der Waals surface area contributed by atoms with Crippen LogP contribution in [0.25, 0.3) is 11.5 Å². The van der Waals surface area contributed by atoms with E-state index < -0.39 is 29.6 Å².